The van der Waals surface area contributed by atoms with Crippen molar-refractivity contribution < 1.29 is 14.8 Å². The van der Waals surface area contributed by atoms with Crippen molar-refractivity contribution in [3.05, 3.63) is 41.7 Å². The van der Waals surface area contributed by atoms with Crippen LogP contribution in [0.15, 0.2) is 30.3 Å². The molecular weight excluding hydrogens is 243 g/mol. The summed E-state index contributed by atoms with van der Waals surface area (Å²) < 4.78 is 7.45. The van der Waals surface area contributed by atoms with Crippen LogP contribution >= 0.6 is 0 Å². The largest absolute Gasteiger partial charge is 0.488 e. The van der Waals surface area contributed by atoms with E-state index in [2.05, 4.69) is 12.0 Å². The van der Waals surface area contributed by atoms with E-state index < -0.39 is 7.12 Å². The van der Waals surface area contributed by atoms with E-state index >= 15 is 0 Å². The van der Waals surface area contributed by atoms with Crippen molar-refractivity contribution in [1.29, 1.82) is 0 Å². The summed E-state index contributed by atoms with van der Waals surface area (Å²) in [7, 11) is 0.446. The van der Waals surface area contributed by atoms with E-state index in [9.17, 15) is 0 Å². The smallest absolute Gasteiger partial charge is 0.487 e. The van der Waals surface area contributed by atoms with Gasteiger partial charge in [0.2, 0.25) is 0 Å². The predicted molar refractivity (Wildman–Crippen MR) is 73.2 cm³/mol. The Kier molecular flexibility index (Phi) is 4.24. The number of nitrogens with zero attached hydrogens (tertiary/aromatic N) is 2. The molecule has 0 saturated carbocycles. The fraction of sp³-hybridized carbons (Fsp3) is 0.308. The molecule has 2 N–H and O–H groups in total. The number of ether oxygens (including phenoxy) is 1. The molecule has 0 aliphatic rings. The third-order valence-electron chi connectivity index (χ3n) is 2.95. The van der Waals surface area contributed by atoms with Crippen molar-refractivity contribution >= 4 is 12.6 Å². The van der Waals surface area contributed by atoms with Crippen molar-refractivity contribution in [2.45, 2.75) is 20.0 Å². The highest BCUT2D eigenvalue weighted by Gasteiger charge is 2.10. The van der Waals surface area contributed by atoms with Crippen molar-refractivity contribution in [1.82, 2.24) is 9.78 Å². The van der Waals surface area contributed by atoms with Crippen LogP contribution in [-0.2, 0) is 20.1 Å². The van der Waals surface area contributed by atoms with E-state index in [4.69, 9.17) is 14.8 Å². The van der Waals surface area contributed by atoms with E-state index in [1.807, 2.05) is 17.8 Å². The van der Waals surface area contributed by atoms with Gasteiger partial charge in [-0.3, -0.25) is 4.68 Å². The summed E-state index contributed by atoms with van der Waals surface area (Å²) >= 11 is 0. The number of aryl methyl sites for hydroxylation is 2. The van der Waals surface area contributed by atoms with E-state index in [0.29, 0.717) is 17.8 Å². The zero-order chi connectivity index (χ0) is 13.8. The standard InChI is InChI=1S/C13H17BN2O3/c1-3-11-8-12(16(2)15-11)9-19-13-6-4-10(5-7-13)14(17)18/h4-8,17-18H,3,9H2,1-2H3. The lowest BCUT2D eigenvalue weighted by atomic mass is 9.80. The summed E-state index contributed by atoms with van der Waals surface area (Å²) in [5.41, 5.74) is 2.49. The monoisotopic (exact) mass is 260 g/mol. The molecule has 0 fully saturated rings. The Hall–Kier alpha value is -1.79. The molecule has 0 bridgehead atoms. The van der Waals surface area contributed by atoms with Crippen LogP contribution in [0.25, 0.3) is 0 Å². The normalized spacial score (nSPS) is 10.5. The van der Waals surface area contributed by atoms with Gasteiger partial charge < -0.3 is 14.8 Å². The molecule has 0 atom stereocenters. The van der Waals surface area contributed by atoms with Gasteiger partial charge in [-0.05, 0) is 30.1 Å². The molecule has 0 radical (unpaired) electrons. The Balaban J connectivity index is 1.99. The molecule has 0 aliphatic heterocycles. The third kappa shape index (κ3) is 3.36. The van der Waals surface area contributed by atoms with Crippen LogP contribution in [0.3, 0.4) is 0 Å². The lowest BCUT2D eigenvalue weighted by Gasteiger charge is -2.07. The van der Waals surface area contributed by atoms with Gasteiger partial charge in [-0.1, -0.05) is 19.1 Å². The summed E-state index contributed by atoms with van der Waals surface area (Å²) in [6, 6.07) is 8.70. The maximum Gasteiger partial charge on any atom is 0.488 e. The second-order valence-corrected chi connectivity index (χ2v) is 4.34. The van der Waals surface area contributed by atoms with Crippen LogP contribution < -0.4 is 10.2 Å². The Bertz CT molecular complexity index is 537. The number of hydrogen-bond acceptors (Lipinski definition) is 4. The Morgan fingerprint density at radius 2 is 1.95 bits per heavy atom. The molecule has 1 heterocycles. The van der Waals surface area contributed by atoms with E-state index in [0.717, 1.165) is 17.8 Å². The molecule has 1 aromatic carbocycles. The first kappa shape index (κ1) is 13.6. The summed E-state index contributed by atoms with van der Waals surface area (Å²) in [5, 5.41) is 22.3. The fourth-order valence-electron chi connectivity index (χ4n) is 1.77. The number of aromatic nitrogens is 2. The second-order valence-electron chi connectivity index (χ2n) is 4.34. The molecular formula is C13H17BN2O3. The molecule has 0 saturated heterocycles. The molecule has 0 spiro atoms. The number of rotatable bonds is 5. The van der Waals surface area contributed by atoms with Crippen LogP contribution in [0.4, 0.5) is 0 Å². The lowest BCUT2D eigenvalue weighted by molar-refractivity contribution is 0.295. The van der Waals surface area contributed by atoms with Gasteiger partial charge in [-0.25, -0.2) is 0 Å². The van der Waals surface area contributed by atoms with Crippen LogP contribution in [-0.4, -0.2) is 26.9 Å². The minimum Gasteiger partial charge on any atom is -0.487 e. The van der Waals surface area contributed by atoms with Crippen LogP contribution in [0.2, 0.25) is 0 Å². The highest BCUT2D eigenvalue weighted by molar-refractivity contribution is 6.58. The first-order chi connectivity index (χ1) is 9.10. The molecule has 0 unspecified atom stereocenters. The van der Waals surface area contributed by atoms with Gasteiger partial charge in [0, 0.05) is 7.05 Å². The van der Waals surface area contributed by atoms with Gasteiger partial charge in [-0.15, -0.1) is 0 Å². The molecule has 2 rings (SSSR count). The van der Waals surface area contributed by atoms with Gasteiger partial charge in [0.05, 0.1) is 11.4 Å². The van der Waals surface area contributed by atoms with Crippen molar-refractivity contribution in [2.75, 3.05) is 0 Å². The van der Waals surface area contributed by atoms with Gasteiger partial charge in [0.1, 0.15) is 12.4 Å². The SMILES string of the molecule is CCc1cc(COc2ccc(B(O)O)cc2)n(C)n1. The molecule has 1 aromatic heterocycles. The average molecular weight is 260 g/mol. The average Bonchev–Trinajstić information content (AvgIpc) is 2.77. The van der Waals surface area contributed by atoms with E-state index in [-0.39, 0.29) is 0 Å². The maximum atomic E-state index is 8.99. The minimum atomic E-state index is -1.45. The van der Waals surface area contributed by atoms with Crippen molar-refractivity contribution in [3.8, 4) is 5.75 Å². The minimum absolute atomic E-state index is 0.435. The molecule has 100 valence electrons. The number of benzene rings is 1. The van der Waals surface area contributed by atoms with Gasteiger partial charge in [0.25, 0.3) is 0 Å². The summed E-state index contributed by atoms with van der Waals surface area (Å²) in [6.45, 7) is 2.50. The van der Waals surface area contributed by atoms with Crippen molar-refractivity contribution in [3.63, 3.8) is 0 Å². The molecule has 2 aromatic rings. The van der Waals surface area contributed by atoms with Crippen LogP contribution in [0, 0.1) is 0 Å². The predicted octanol–water partition coefficient (Wildman–Crippen LogP) is 0.241. The highest BCUT2D eigenvalue weighted by atomic mass is 16.5. The molecule has 0 amide bonds. The zero-order valence-electron chi connectivity index (χ0n) is 11.1. The molecule has 6 heteroatoms. The second kappa shape index (κ2) is 5.90. The third-order valence-corrected chi connectivity index (χ3v) is 2.95. The van der Waals surface area contributed by atoms with Gasteiger partial charge in [-0.2, -0.15) is 5.10 Å². The summed E-state index contributed by atoms with van der Waals surface area (Å²) in [4.78, 5) is 0. The quantitative estimate of drug-likeness (QED) is 0.756. The lowest BCUT2D eigenvalue weighted by Crippen LogP contribution is -2.29. The van der Waals surface area contributed by atoms with Crippen molar-refractivity contribution in [2.24, 2.45) is 7.05 Å². The van der Waals surface area contributed by atoms with E-state index in [1.165, 1.54) is 0 Å². The van der Waals surface area contributed by atoms with Gasteiger partial charge in [0.15, 0.2) is 0 Å². The fourth-order valence-corrected chi connectivity index (χ4v) is 1.77. The summed E-state index contributed by atoms with van der Waals surface area (Å²) in [5.74, 6) is 0.684. The number of hydrogen-bond donors (Lipinski definition) is 2. The first-order valence-corrected chi connectivity index (χ1v) is 6.21. The summed E-state index contributed by atoms with van der Waals surface area (Å²) in [6.07, 6.45) is 0.900. The highest BCUT2D eigenvalue weighted by Crippen LogP contribution is 2.12. The Labute approximate surface area is 112 Å². The Morgan fingerprint density at radius 1 is 1.26 bits per heavy atom. The molecule has 0 aliphatic carbocycles. The van der Waals surface area contributed by atoms with Crippen LogP contribution in [0.5, 0.6) is 5.75 Å². The van der Waals surface area contributed by atoms with E-state index in [1.54, 1.807) is 24.3 Å². The van der Waals surface area contributed by atoms with Crippen LogP contribution in [0.1, 0.15) is 18.3 Å². The first-order valence-electron chi connectivity index (χ1n) is 6.21. The topological polar surface area (TPSA) is 67.5 Å². The molecule has 19 heavy (non-hydrogen) atoms. The van der Waals surface area contributed by atoms with Gasteiger partial charge >= 0.3 is 7.12 Å². The molecule has 5 nitrogen and oxygen atoms in total. The zero-order valence-corrected chi connectivity index (χ0v) is 11.1. The maximum absolute atomic E-state index is 8.99. The Morgan fingerprint density at radius 3 is 2.47 bits per heavy atom.